The highest BCUT2D eigenvalue weighted by Crippen LogP contribution is 2.41. The van der Waals surface area contributed by atoms with E-state index in [1.807, 2.05) is 24.3 Å². The van der Waals surface area contributed by atoms with Gasteiger partial charge in [-0.15, -0.1) is 0 Å². The van der Waals surface area contributed by atoms with Gasteiger partial charge in [-0.25, -0.2) is 0 Å². The van der Waals surface area contributed by atoms with Crippen LogP contribution in [-0.4, -0.2) is 24.1 Å². The minimum Gasteiger partial charge on any atom is -0.496 e. The number of amides is 1. The lowest BCUT2D eigenvalue weighted by Gasteiger charge is -2.14. The van der Waals surface area contributed by atoms with Gasteiger partial charge in [-0.3, -0.25) is 9.69 Å². The molecular weight excluding hydrogens is 358 g/mol. The van der Waals surface area contributed by atoms with E-state index in [9.17, 15) is 4.79 Å². The summed E-state index contributed by atoms with van der Waals surface area (Å²) in [6.07, 6.45) is 1.80. The quantitative estimate of drug-likeness (QED) is 0.604. The third kappa shape index (κ3) is 2.85. The van der Waals surface area contributed by atoms with Gasteiger partial charge in [0.2, 0.25) is 6.79 Å². The zero-order valence-electron chi connectivity index (χ0n) is 13.2. The monoisotopic (exact) mass is 371 g/mol. The summed E-state index contributed by atoms with van der Waals surface area (Å²) in [6.45, 7) is 0.185. The van der Waals surface area contributed by atoms with Crippen molar-refractivity contribution >= 4 is 46.0 Å². The third-order valence-electron chi connectivity index (χ3n) is 3.83. The molecule has 2 aromatic carbocycles. The maximum Gasteiger partial charge on any atom is 0.270 e. The molecule has 0 bridgehead atoms. The molecule has 25 heavy (non-hydrogen) atoms. The molecule has 1 amide bonds. The Hall–Kier alpha value is -2.51. The van der Waals surface area contributed by atoms with Crippen molar-refractivity contribution in [1.29, 1.82) is 0 Å². The average Bonchev–Trinajstić information content (AvgIpc) is 3.19. The minimum absolute atomic E-state index is 0.167. The number of hydrogen-bond acceptors (Lipinski definition) is 6. The lowest BCUT2D eigenvalue weighted by molar-refractivity contribution is -0.113. The Labute approximate surface area is 154 Å². The van der Waals surface area contributed by atoms with Crippen molar-refractivity contribution in [2.75, 3.05) is 18.8 Å². The van der Waals surface area contributed by atoms with Crippen molar-refractivity contribution in [2.45, 2.75) is 0 Å². The van der Waals surface area contributed by atoms with E-state index in [0.29, 0.717) is 32.2 Å². The molecule has 1 saturated heterocycles. The van der Waals surface area contributed by atoms with Gasteiger partial charge in [0.25, 0.3) is 5.91 Å². The smallest absolute Gasteiger partial charge is 0.270 e. The van der Waals surface area contributed by atoms with Gasteiger partial charge in [0.1, 0.15) is 5.75 Å². The Morgan fingerprint density at radius 3 is 2.84 bits per heavy atom. The average molecular weight is 371 g/mol. The Kier molecular flexibility index (Phi) is 4.10. The summed E-state index contributed by atoms with van der Waals surface area (Å²) in [6, 6.07) is 12.9. The summed E-state index contributed by atoms with van der Waals surface area (Å²) in [7, 11) is 1.60. The van der Waals surface area contributed by atoms with E-state index < -0.39 is 0 Å². The number of hydrogen-bond donors (Lipinski definition) is 0. The molecule has 0 N–H and O–H groups in total. The standard InChI is InChI=1S/C18H13NO4S2/c1-21-13-5-3-2-4-11(13)8-16-17(20)19(18(24)25-16)12-6-7-14-15(9-12)23-10-22-14/h2-9H,10H2,1H3. The highest BCUT2D eigenvalue weighted by Gasteiger charge is 2.34. The van der Waals surface area contributed by atoms with E-state index in [0.717, 1.165) is 5.56 Å². The van der Waals surface area contributed by atoms with Crippen LogP contribution in [-0.2, 0) is 4.79 Å². The number of para-hydroxylation sites is 1. The first kappa shape index (κ1) is 16.0. The first-order valence-electron chi connectivity index (χ1n) is 7.48. The lowest BCUT2D eigenvalue weighted by atomic mass is 10.2. The Morgan fingerprint density at radius 2 is 2.00 bits per heavy atom. The van der Waals surface area contributed by atoms with Crippen LogP contribution in [0.15, 0.2) is 47.4 Å². The molecule has 2 aliphatic rings. The van der Waals surface area contributed by atoms with Crippen LogP contribution in [0.4, 0.5) is 5.69 Å². The second kappa shape index (κ2) is 6.42. The fraction of sp³-hybridized carbons (Fsp3) is 0.111. The zero-order chi connectivity index (χ0) is 17.4. The van der Waals surface area contributed by atoms with Crippen molar-refractivity contribution in [2.24, 2.45) is 0 Å². The predicted molar refractivity (Wildman–Crippen MR) is 101 cm³/mol. The van der Waals surface area contributed by atoms with Crippen LogP contribution in [0.25, 0.3) is 6.08 Å². The van der Waals surface area contributed by atoms with Gasteiger partial charge in [0.15, 0.2) is 15.8 Å². The first-order valence-corrected chi connectivity index (χ1v) is 8.70. The molecule has 2 aliphatic heterocycles. The SMILES string of the molecule is COc1ccccc1C=C1SC(=S)N(c2ccc3c(c2)OCO3)C1=O. The van der Waals surface area contributed by atoms with E-state index in [2.05, 4.69) is 0 Å². The molecule has 2 heterocycles. The molecule has 0 atom stereocenters. The maximum absolute atomic E-state index is 12.9. The lowest BCUT2D eigenvalue weighted by Crippen LogP contribution is -2.27. The number of ether oxygens (including phenoxy) is 3. The number of thioether (sulfide) groups is 1. The summed E-state index contributed by atoms with van der Waals surface area (Å²) in [5.41, 5.74) is 1.49. The molecule has 5 nitrogen and oxygen atoms in total. The summed E-state index contributed by atoms with van der Waals surface area (Å²) >= 11 is 6.67. The molecule has 2 aromatic rings. The van der Waals surface area contributed by atoms with Gasteiger partial charge >= 0.3 is 0 Å². The topological polar surface area (TPSA) is 48.0 Å². The molecule has 0 spiro atoms. The second-order valence-electron chi connectivity index (χ2n) is 5.30. The number of methoxy groups -OCH3 is 1. The van der Waals surface area contributed by atoms with E-state index in [1.165, 1.54) is 16.7 Å². The molecule has 126 valence electrons. The van der Waals surface area contributed by atoms with Crippen molar-refractivity contribution in [1.82, 2.24) is 0 Å². The van der Waals surface area contributed by atoms with Crippen LogP contribution >= 0.6 is 24.0 Å². The van der Waals surface area contributed by atoms with Gasteiger partial charge in [-0.1, -0.05) is 42.2 Å². The van der Waals surface area contributed by atoms with Crippen LogP contribution < -0.4 is 19.1 Å². The largest absolute Gasteiger partial charge is 0.496 e. The van der Waals surface area contributed by atoms with Crippen molar-refractivity contribution in [3.8, 4) is 17.2 Å². The molecule has 7 heteroatoms. The number of thiocarbonyl (C=S) groups is 1. The summed E-state index contributed by atoms with van der Waals surface area (Å²) in [5.74, 6) is 1.81. The van der Waals surface area contributed by atoms with Crippen LogP contribution in [0.1, 0.15) is 5.56 Å². The van der Waals surface area contributed by atoms with Gasteiger partial charge in [-0.05, 0) is 24.3 Å². The molecule has 0 saturated carbocycles. The maximum atomic E-state index is 12.9. The van der Waals surface area contributed by atoms with Crippen LogP contribution in [0.5, 0.6) is 17.2 Å². The van der Waals surface area contributed by atoms with E-state index in [4.69, 9.17) is 26.4 Å². The number of carbonyl (C=O) groups excluding carboxylic acids is 1. The van der Waals surface area contributed by atoms with E-state index in [-0.39, 0.29) is 12.7 Å². The third-order valence-corrected chi connectivity index (χ3v) is 5.14. The van der Waals surface area contributed by atoms with Gasteiger partial charge in [-0.2, -0.15) is 0 Å². The highest BCUT2D eigenvalue weighted by atomic mass is 32.2. The summed E-state index contributed by atoms with van der Waals surface area (Å²) < 4.78 is 16.5. The highest BCUT2D eigenvalue weighted by molar-refractivity contribution is 8.27. The molecular formula is C18H13NO4S2. The fourth-order valence-corrected chi connectivity index (χ4v) is 3.93. The number of nitrogens with zero attached hydrogens (tertiary/aromatic N) is 1. The minimum atomic E-state index is -0.167. The van der Waals surface area contributed by atoms with Crippen molar-refractivity contribution in [3.63, 3.8) is 0 Å². The normalized spacial score (nSPS) is 17.5. The Balaban J connectivity index is 1.67. The van der Waals surface area contributed by atoms with Crippen LogP contribution in [0.2, 0.25) is 0 Å². The molecule has 1 fully saturated rings. The molecule has 0 aromatic heterocycles. The van der Waals surface area contributed by atoms with Crippen molar-refractivity contribution < 1.29 is 19.0 Å². The van der Waals surface area contributed by atoms with E-state index >= 15 is 0 Å². The summed E-state index contributed by atoms with van der Waals surface area (Å²) in [4.78, 5) is 14.9. The van der Waals surface area contributed by atoms with Gasteiger partial charge in [0.05, 0.1) is 17.7 Å². The molecule has 0 radical (unpaired) electrons. The number of rotatable bonds is 3. The predicted octanol–water partition coefficient (Wildman–Crippen LogP) is 3.83. The zero-order valence-corrected chi connectivity index (χ0v) is 14.9. The summed E-state index contributed by atoms with van der Waals surface area (Å²) in [5, 5.41) is 0. The van der Waals surface area contributed by atoms with Crippen LogP contribution in [0, 0.1) is 0 Å². The second-order valence-corrected chi connectivity index (χ2v) is 6.97. The van der Waals surface area contributed by atoms with Crippen molar-refractivity contribution in [3.05, 3.63) is 52.9 Å². The Bertz CT molecular complexity index is 910. The fourth-order valence-electron chi connectivity index (χ4n) is 2.64. The number of carbonyl (C=O) groups is 1. The number of fused-ring (bicyclic) bond motifs is 1. The van der Waals surface area contributed by atoms with Crippen LogP contribution in [0.3, 0.4) is 0 Å². The molecule has 0 unspecified atom stereocenters. The number of anilines is 1. The first-order chi connectivity index (χ1) is 12.2. The van der Waals surface area contributed by atoms with E-state index in [1.54, 1.807) is 31.4 Å². The molecule has 4 rings (SSSR count). The number of benzene rings is 2. The molecule has 0 aliphatic carbocycles. The van der Waals surface area contributed by atoms with Gasteiger partial charge < -0.3 is 14.2 Å². The van der Waals surface area contributed by atoms with Gasteiger partial charge in [0, 0.05) is 11.6 Å². The Morgan fingerprint density at radius 1 is 1.20 bits per heavy atom.